The van der Waals surface area contributed by atoms with Gasteiger partial charge in [0.25, 0.3) is 5.91 Å². The molecule has 0 aromatic heterocycles. The van der Waals surface area contributed by atoms with E-state index in [1.165, 1.54) is 0 Å². The van der Waals surface area contributed by atoms with Gasteiger partial charge >= 0.3 is 5.97 Å². The Balaban J connectivity index is 2.20. The molecule has 1 N–H and O–H groups in total. The van der Waals surface area contributed by atoms with Gasteiger partial charge in [-0.05, 0) is 43.2 Å². The summed E-state index contributed by atoms with van der Waals surface area (Å²) in [6, 6.07) is 13.5. The highest BCUT2D eigenvalue weighted by atomic mass is 16.5. The Kier molecular flexibility index (Phi) is 4.49. The summed E-state index contributed by atoms with van der Waals surface area (Å²) in [5.41, 5.74) is 1.82. The second-order valence-electron chi connectivity index (χ2n) is 6.43. The molecular formula is C20H21NO4. The fraction of sp³-hybridized carbons (Fsp3) is 0.300. The largest absolute Gasteiger partial charge is 0.497 e. The van der Waals surface area contributed by atoms with Crippen molar-refractivity contribution < 1.29 is 19.4 Å². The van der Waals surface area contributed by atoms with Gasteiger partial charge in [0.2, 0.25) is 0 Å². The van der Waals surface area contributed by atoms with Crippen LogP contribution in [0.2, 0.25) is 0 Å². The van der Waals surface area contributed by atoms with Crippen LogP contribution in [0, 0.1) is 0 Å². The van der Waals surface area contributed by atoms with Gasteiger partial charge in [-0.1, -0.05) is 30.3 Å². The molecule has 0 saturated heterocycles. The van der Waals surface area contributed by atoms with Crippen molar-refractivity contribution in [1.29, 1.82) is 0 Å². The molecule has 2 aromatic rings. The number of ether oxygens (including phenoxy) is 1. The van der Waals surface area contributed by atoms with Gasteiger partial charge in [0.1, 0.15) is 11.7 Å². The van der Waals surface area contributed by atoms with E-state index in [0.717, 1.165) is 5.56 Å². The lowest BCUT2D eigenvalue weighted by molar-refractivity contribution is -0.140. The second kappa shape index (κ2) is 6.59. The maximum absolute atomic E-state index is 13.0. The first kappa shape index (κ1) is 17.0. The fourth-order valence-electron chi connectivity index (χ4n) is 3.54. The molecule has 5 heteroatoms. The van der Waals surface area contributed by atoms with Crippen molar-refractivity contribution in [1.82, 2.24) is 4.90 Å². The molecule has 1 aliphatic rings. The smallest absolute Gasteiger partial charge is 0.313 e. The van der Waals surface area contributed by atoms with Crippen molar-refractivity contribution in [2.24, 2.45) is 0 Å². The van der Waals surface area contributed by atoms with Crippen molar-refractivity contribution >= 4 is 11.9 Å². The van der Waals surface area contributed by atoms with Crippen LogP contribution < -0.4 is 4.74 Å². The molecule has 130 valence electrons. The van der Waals surface area contributed by atoms with E-state index in [-0.39, 0.29) is 11.9 Å². The molecule has 1 amide bonds. The molecule has 0 spiro atoms. The molecule has 1 heterocycles. The molecule has 2 aromatic carbocycles. The van der Waals surface area contributed by atoms with E-state index in [9.17, 15) is 14.7 Å². The molecule has 5 nitrogen and oxygen atoms in total. The molecule has 0 saturated carbocycles. The van der Waals surface area contributed by atoms with E-state index in [1.807, 2.05) is 26.0 Å². The number of rotatable bonds is 4. The summed E-state index contributed by atoms with van der Waals surface area (Å²) < 4.78 is 5.19. The summed E-state index contributed by atoms with van der Waals surface area (Å²) in [6.45, 7) is 3.81. The Morgan fingerprint density at radius 3 is 2.32 bits per heavy atom. The average Bonchev–Trinajstić information content (AvgIpc) is 2.61. The number of benzene rings is 2. The first-order chi connectivity index (χ1) is 12.0. The van der Waals surface area contributed by atoms with E-state index >= 15 is 0 Å². The number of carbonyl (C=O) groups excluding carboxylic acids is 1. The Morgan fingerprint density at radius 1 is 1.12 bits per heavy atom. The summed E-state index contributed by atoms with van der Waals surface area (Å²) in [5.74, 6) is -1.20. The van der Waals surface area contributed by atoms with Gasteiger partial charge in [-0.25, -0.2) is 0 Å². The molecule has 0 aliphatic carbocycles. The molecule has 0 fully saturated rings. The van der Waals surface area contributed by atoms with Crippen LogP contribution in [0.4, 0.5) is 0 Å². The minimum atomic E-state index is -0.939. The van der Waals surface area contributed by atoms with Crippen molar-refractivity contribution in [3.63, 3.8) is 0 Å². The third-order valence-corrected chi connectivity index (χ3v) is 4.66. The van der Waals surface area contributed by atoms with E-state index in [2.05, 4.69) is 0 Å². The van der Waals surface area contributed by atoms with Gasteiger partial charge in [-0.15, -0.1) is 0 Å². The van der Waals surface area contributed by atoms with Crippen LogP contribution in [0.15, 0.2) is 48.5 Å². The minimum absolute atomic E-state index is 0.130. The van der Waals surface area contributed by atoms with E-state index in [1.54, 1.807) is 48.4 Å². The fourth-order valence-corrected chi connectivity index (χ4v) is 3.54. The predicted octanol–water partition coefficient (Wildman–Crippen LogP) is 3.47. The molecule has 0 bridgehead atoms. The van der Waals surface area contributed by atoms with Crippen LogP contribution in [-0.4, -0.2) is 35.0 Å². The third-order valence-electron chi connectivity index (χ3n) is 4.66. The van der Waals surface area contributed by atoms with Crippen molar-refractivity contribution in [2.75, 3.05) is 7.11 Å². The highest BCUT2D eigenvalue weighted by Gasteiger charge is 2.45. The van der Waals surface area contributed by atoms with Crippen LogP contribution >= 0.6 is 0 Å². The number of nitrogens with zero attached hydrogens (tertiary/aromatic N) is 1. The van der Waals surface area contributed by atoms with E-state index in [0.29, 0.717) is 16.9 Å². The second-order valence-corrected chi connectivity index (χ2v) is 6.43. The number of carbonyl (C=O) groups is 2. The van der Waals surface area contributed by atoms with E-state index in [4.69, 9.17) is 4.74 Å². The number of hydrogen-bond acceptors (Lipinski definition) is 3. The predicted molar refractivity (Wildman–Crippen MR) is 93.9 cm³/mol. The monoisotopic (exact) mass is 339 g/mol. The molecule has 0 radical (unpaired) electrons. The van der Waals surface area contributed by atoms with Gasteiger partial charge in [0, 0.05) is 11.6 Å². The summed E-state index contributed by atoms with van der Waals surface area (Å²) in [6.07, 6.45) is 0. The summed E-state index contributed by atoms with van der Waals surface area (Å²) in [4.78, 5) is 26.8. The van der Waals surface area contributed by atoms with Gasteiger partial charge in [-0.2, -0.15) is 0 Å². The molecule has 2 atom stereocenters. The lowest BCUT2D eigenvalue weighted by Gasteiger charge is -2.43. The molecule has 1 aliphatic heterocycles. The summed E-state index contributed by atoms with van der Waals surface area (Å²) >= 11 is 0. The van der Waals surface area contributed by atoms with Crippen LogP contribution in [0.1, 0.15) is 47.3 Å². The maximum Gasteiger partial charge on any atom is 0.313 e. The van der Waals surface area contributed by atoms with E-state index < -0.39 is 17.9 Å². The number of aliphatic carboxylic acids is 1. The zero-order valence-corrected chi connectivity index (χ0v) is 14.5. The average molecular weight is 339 g/mol. The highest BCUT2D eigenvalue weighted by molar-refractivity contribution is 6.00. The SMILES string of the molecule is COc1ccc([C@H]2[C@H](C(=O)O)c3ccccc3C(=O)N2C(C)C)cc1. The Hall–Kier alpha value is -2.82. The standard InChI is InChI=1S/C20H21NO4/c1-12(2)21-18(13-8-10-14(25-3)11-9-13)17(20(23)24)15-6-4-5-7-16(15)19(21)22/h4-12,17-18H,1-3H3,(H,23,24)/t17-,18+/m1/s1. The number of carboxylic acid groups (broad SMARTS) is 1. The third kappa shape index (κ3) is 2.86. The quantitative estimate of drug-likeness (QED) is 0.926. The van der Waals surface area contributed by atoms with Gasteiger partial charge in [-0.3, -0.25) is 9.59 Å². The maximum atomic E-state index is 13.0. The van der Waals surface area contributed by atoms with Crippen molar-refractivity contribution in [3.05, 3.63) is 65.2 Å². The number of fused-ring (bicyclic) bond motifs is 1. The Morgan fingerprint density at radius 2 is 1.76 bits per heavy atom. The lowest BCUT2D eigenvalue weighted by Crippen LogP contribution is -2.48. The summed E-state index contributed by atoms with van der Waals surface area (Å²) in [5, 5.41) is 9.94. The number of hydrogen-bond donors (Lipinski definition) is 1. The number of amides is 1. The molecule has 0 unspecified atom stereocenters. The normalized spacial score (nSPS) is 19.7. The molecule has 25 heavy (non-hydrogen) atoms. The summed E-state index contributed by atoms with van der Waals surface area (Å²) in [7, 11) is 1.58. The number of carboxylic acids is 1. The Bertz CT molecular complexity index is 798. The Labute approximate surface area is 146 Å². The van der Waals surface area contributed by atoms with Crippen LogP contribution in [0.5, 0.6) is 5.75 Å². The highest BCUT2D eigenvalue weighted by Crippen LogP contribution is 2.44. The van der Waals surface area contributed by atoms with Crippen molar-refractivity contribution in [3.8, 4) is 5.75 Å². The number of methoxy groups -OCH3 is 1. The zero-order valence-electron chi connectivity index (χ0n) is 14.5. The van der Waals surface area contributed by atoms with Gasteiger partial charge in [0.15, 0.2) is 0 Å². The topological polar surface area (TPSA) is 66.8 Å². The zero-order chi connectivity index (χ0) is 18.1. The van der Waals surface area contributed by atoms with Crippen LogP contribution in [0.3, 0.4) is 0 Å². The van der Waals surface area contributed by atoms with Gasteiger partial charge < -0.3 is 14.7 Å². The van der Waals surface area contributed by atoms with Crippen LogP contribution in [0.25, 0.3) is 0 Å². The lowest BCUT2D eigenvalue weighted by atomic mass is 9.79. The molecular weight excluding hydrogens is 318 g/mol. The van der Waals surface area contributed by atoms with Crippen LogP contribution in [-0.2, 0) is 4.79 Å². The van der Waals surface area contributed by atoms with Gasteiger partial charge in [0.05, 0.1) is 13.2 Å². The minimum Gasteiger partial charge on any atom is -0.497 e. The molecule has 3 rings (SSSR count). The first-order valence-electron chi connectivity index (χ1n) is 8.24. The van der Waals surface area contributed by atoms with Crippen molar-refractivity contribution in [2.45, 2.75) is 31.8 Å². The first-order valence-corrected chi connectivity index (χ1v) is 8.24.